The average molecular weight is 177 g/mol. The van der Waals surface area contributed by atoms with Crippen LogP contribution in [0.25, 0.3) is 0 Å². The molecule has 1 rings (SSSR count). The van der Waals surface area contributed by atoms with E-state index in [1.165, 1.54) is 0 Å². The Kier molecular flexibility index (Phi) is 3.20. The molecular formula is C10H9O3. The van der Waals surface area contributed by atoms with Gasteiger partial charge in [-0.3, -0.25) is 9.59 Å². The Bertz CT molecular complexity index is 318. The van der Waals surface area contributed by atoms with Crippen LogP contribution in [-0.4, -0.2) is 12.3 Å². The van der Waals surface area contributed by atoms with Crippen molar-refractivity contribution >= 4 is 12.3 Å². The smallest absolute Gasteiger partial charge is 0.310 e. The Hall–Kier alpha value is -1.64. The van der Waals surface area contributed by atoms with Gasteiger partial charge < -0.3 is 4.74 Å². The molecule has 1 aromatic rings. The fraction of sp³-hybridized carbons (Fsp3) is 0.200. The number of benzene rings is 1. The number of hydrogen-bond acceptors (Lipinski definition) is 3. The molecule has 13 heavy (non-hydrogen) atoms. The maximum Gasteiger partial charge on any atom is 0.310 e. The molecule has 3 heteroatoms. The van der Waals surface area contributed by atoms with Gasteiger partial charge in [0.1, 0.15) is 5.75 Å². The topological polar surface area (TPSA) is 43.4 Å². The standard InChI is InChI=1S/C10H9O3/c1-2-10(12)13-9-6-4-3-5-8(9)7-11/h3-6H,2H2,1H3. The Labute approximate surface area is 76.3 Å². The fourth-order valence-corrected chi connectivity index (χ4v) is 0.835. The highest BCUT2D eigenvalue weighted by molar-refractivity contribution is 5.82. The molecule has 0 bridgehead atoms. The van der Waals surface area contributed by atoms with Crippen LogP contribution in [0.4, 0.5) is 0 Å². The van der Waals surface area contributed by atoms with Crippen molar-refractivity contribution in [3.8, 4) is 5.75 Å². The van der Waals surface area contributed by atoms with Crippen molar-refractivity contribution in [1.82, 2.24) is 0 Å². The summed E-state index contributed by atoms with van der Waals surface area (Å²) in [6, 6.07) is 6.49. The van der Waals surface area contributed by atoms with Gasteiger partial charge in [-0.2, -0.15) is 0 Å². The zero-order valence-corrected chi connectivity index (χ0v) is 7.24. The lowest BCUT2D eigenvalue weighted by atomic mass is 10.2. The van der Waals surface area contributed by atoms with Gasteiger partial charge in [-0.15, -0.1) is 0 Å². The van der Waals surface area contributed by atoms with Crippen molar-refractivity contribution in [2.75, 3.05) is 0 Å². The molecule has 0 heterocycles. The molecule has 3 nitrogen and oxygen atoms in total. The Morgan fingerprint density at radius 2 is 2.15 bits per heavy atom. The third-order valence-electron chi connectivity index (χ3n) is 1.51. The first-order chi connectivity index (χ1) is 6.27. The quantitative estimate of drug-likeness (QED) is 0.518. The van der Waals surface area contributed by atoms with Crippen molar-refractivity contribution in [3.05, 3.63) is 29.8 Å². The SMILES string of the molecule is CCC(=O)Oc1ccccc1[C]=O. The molecule has 0 spiro atoms. The molecule has 0 unspecified atom stereocenters. The van der Waals surface area contributed by atoms with E-state index in [1.807, 2.05) is 0 Å². The number of ether oxygens (including phenoxy) is 1. The second-order valence-corrected chi connectivity index (χ2v) is 2.43. The Morgan fingerprint density at radius 1 is 1.46 bits per heavy atom. The lowest BCUT2D eigenvalue weighted by molar-refractivity contribution is -0.134. The predicted octanol–water partition coefficient (Wildman–Crippen LogP) is 1.46. The zero-order valence-electron chi connectivity index (χ0n) is 7.24. The van der Waals surface area contributed by atoms with Crippen LogP contribution in [0.5, 0.6) is 5.75 Å². The molecular weight excluding hydrogens is 168 g/mol. The summed E-state index contributed by atoms with van der Waals surface area (Å²) < 4.78 is 4.88. The largest absolute Gasteiger partial charge is 0.426 e. The monoisotopic (exact) mass is 177 g/mol. The van der Waals surface area contributed by atoms with E-state index in [2.05, 4.69) is 0 Å². The first-order valence-corrected chi connectivity index (χ1v) is 3.95. The van der Waals surface area contributed by atoms with Gasteiger partial charge in [0.25, 0.3) is 0 Å². The summed E-state index contributed by atoms with van der Waals surface area (Å²) in [6.45, 7) is 1.69. The summed E-state index contributed by atoms with van der Waals surface area (Å²) in [6.07, 6.45) is 1.98. The van der Waals surface area contributed by atoms with E-state index in [0.717, 1.165) is 0 Å². The molecule has 0 fully saturated rings. The second-order valence-electron chi connectivity index (χ2n) is 2.43. The van der Waals surface area contributed by atoms with Gasteiger partial charge in [-0.1, -0.05) is 19.1 Å². The molecule has 1 aromatic carbocycles. The summed E-state index contributed by atoms with van der Waals surface area (Å²) >= 11 is 0. The Balaban J connectivity index is 2.87. The first-order valence-electron chi connectivity index (χ1n) is 3.95. The van der Waals surface area contributed by atoms with Crippen LogP contribution in [0.1, 0.15) is 18.9 Å². The van der Waals surface area contributed by atoms with Crippen molar-refractivity contribution < 1.29 is 14.3 Å². The number of hydrogen-bond donors (Lipinski definition) is 0. The molecule has 0 aliphatic heterocycles. The van der Waals surface area contributed by atoms with Crippen LogP contribution in [-0.2, 0) is 9.59 Å². The molecule has 0 aliphatic carbocycles. The van der Waals surface area contributed by atoms with Gasteiger partial charge in [0.2, 0.25) is 6.29 Å². The minimum atomic E-state index is -0.359. The highest BCUT2D eigenvalue weighted by atomic mass is 16.5. The molecule has 0 saturated heterocycles. The maximum absolute atomic E-state index is 10.9. The van der Waals surface area contributed by atoms with E-state index in [0.29, 0.717) is 0 Å². The molecule has 0 amide bonds. The van der Waals surface area contributed by atoms with Crippen molar-refractivity contribution in [1.29, 1.82) is 0 Å². The van der Waals surface area contributed by atoms with Crippen molar-refractivity contribution in [2.45, 2.75) is 13.3 Å². The minimum Gasteiger partial charge on any atom is -0.426 e. The first kappa shape index (κ1) is 9.45. The van der Waals surface area contributed by atoms with E-state index >= 15 is 0 Å². The van der Waals surface area contributed by atoms with E-state index in [-0.39, 0.29) is 23.7 Å². The molecule has 0 atom stereocenters. The molecule has 0 aliphatic rings. The number of para-hydroxylation sites is 1. The lowest BCUT2D eigenvalue weighted by Crippen LogP contribution is -2.06. The maximum atomic E-state index is 10.9. The summed E-state index contributed by atoms with van der Waals surface area (Å²) in [4.78, 5) is 21.3. The van der Waals surface area contributed by atoms with Crippen molar-refractivity contribution in [3.63, 3.8) is 0 Å². The average Bonchev–Trinajstić information content (AvgIpc) is 2.18. The predicted molar refractivity (Wildman–Crippen MR) is 47.2 cm³/mol. The Morgan fingerprint density at radius 3 is 2.77 bits per heavy atom. The van der Waals surface area contributed by atoms with Crippen LogP contribution in [0.3, 0.4) is 0 Å². The summed E-state index contributed by atoms with van der Waals surface area (Å²) in [5.74, 6) is -0.0907. The van der Waals surface area contributed by atoms with Gasteiger partial charge >= 0.3 is 5.97 Å². The van der Waals surface area contributed by atoms with Crippen LogP contribution in [0, 0.1) is 0 Å². The third-order valence-corrected chi connectivity index (χ3v) is 1.51. The summed E-state index contributed by atoms with van der Waals surface area (Å²) in [5.41, 5.74) is 0.268. The fourth-order valence-electron chi connectivity index (χ4n) is 0.835. The van der Waals surface area contributed by atoms with Gasteiger partial charge in [0.05, 0.1) is 5.56 Å². The van der Waals surface area contributed by atoms with Gasteiger partial charge in [-0.25, -0.2) is 0 Å². The summed E-state index contributed by atoms with van der Waals surface area (Å²) in [5, 5.41) is 0. The molecule has 0 saturated carbocycles. The summed E-state index contributed by atoms with van der Waals surface area (Å²) in [7, 11) is 0. The van der Waals surface area contributed by atoms with E-state index in [9.17, 15) is 9.59 Å². The van der Waals surface area contributed by atoms with Gasteiger partial charge in [0, 0.05) is 6.42 Å². The van der Waals surface area contributed by atoms with Gasteiger partial charge in [0.15, 0.2) is 0 Å². The van der Waals surface area contributed by atoms with Crippen LogP contribution >= 0.6 is 0 Å². The highest BCUT2D eigenvalue weighted by Crippen LogP contribution is 2.15. The van der Waals surface area contributed by atoms with Crippen molar-refractivity contribution in [2.24, 2.45) is 0 Å². The van der Waals surface area contributed by atoms with Crippen LogP contribution < -0.4 is 4.74 Å². The van der Waals surface area contributed by atoms with Crippen LogP contribution in [0.15, 0.2) is 24.3 Å². The number of carbonyl (C=O) groups excluding carboxylic acids is 2. The second kappa shape index (κ2) is 4.40. The molecule has 67 valence electrons. The molecule has 1 radical (unpaired) electrons. The molecule has 0 N–H and O–H groups in total. The van der Waals surface area contributed by atoms with E-state index in [1.54, 1.807) is 37.5 Å². The lowest BCUT2D eigenvalue weighted by Gasteiger charge is -2.03. The number of esters is 1. The van der Waals surface area contributed by atoms with E-state index in [4.69, 9.17) is 4.74 Å². The van der Waals surface area contributed by atoms with Crippen LogP contribution in [0.2, 0.25) is 0 Å². The molecule has 0 aromatic heterocycles. The normalized spacial score (nSPS) is 9.31. The highest BCUT2D eigenvalue weighted by Gasteiger charge is 2.05. The number of rotatable bonds is 3. The minimum absolute atomic E-state index is 0.268. The van der Waals surface area contributed by atoms with E-state index < -0.39 is 0 Å². The number of carbonyl (C=O) groups is 1. The van der Waals surface area contributed by atoms with Gasteiger partial charge in [-0.05, 0) is 12.1 Å². The third kappa shape index (κ3) is 2.40. The zero-order chi connectivity index (χ0) is 9.68.